The first-order valence-electron chi connectivity index (χ1n) is 11.9. The molecule has 0 saturated carbocycles. The Hall–Kier alpha value is -3.03. The summed E-state index contributed by atoms with van der Waals surface area (Å²) in [5.74, 6) is 0.944. The number of benzene rings is 2. The van der Waals surface area contributed by atoms with Gasteiger partial charge in [0.15, 0.2) is 5.82 Å². The van der Waals surface area contributed by atoms with Crippen LogP contribution in [0.5, 0.6) is 0 Å². The van der Waals surface area contributed by atoms with Crippen LogP contribution in [-0.2, 0) is 18.6 Å². The second-order valence-corrected chi connectivity index (χ2v) is 10.9. The van der Waals surface area contributed by atoms with Gasteiger partial charge in [0.25, 0.3) is 5.56 Å². The molecule has 2 aromatic carbocycles. The van der Waals surface area contributed by atoms with Gasteiger partial charge in [-0.2, -0.15) is 0 Å². The molecule has 0 saturated heterocycles. The van der Waals surface area contributed by atoms with Crippen LogP contribution in [0.25, 0.3) is 10.9 Å². The van der Waals surface area contributed by atoms with Crippen LogP contribution < -0.4 is 5.56 Å². The summed E-state index contributed by atoms with van der Waals surface area (Å²) in [5.41, 5.74) is 3.27. The fraction of sp³-hybridized carbons (Fsp3) is 0.407. The van der Waals surface area contributed by atoms with Crippen molar-refractivity contribution in [3.8, 4) is 0 Å². The van der Waals surface area contributed by atoms with E-state index in [1.807, 2.05) is 47.1 Å². The summed E-state index contributed by atoms with van der Waals surface area (Å²) in [5, 5.41) is 14.5. The van der Waals surface area contributed by atoms with Crippen LogP contribution >= 0.6 is 11.6 Å². The highest BCUT2D eigenvalue weighted by Crippen LogP contribution is 2.33. The molecule has 7 nitrogen and oxygen atoms in total. The van der Waals surface area contributed by atoms with Crippen LogP contribution in [-0.4, -0.2) is 30.1 Å². The first-order chi connectivity index (χ1) is 16.5. The lowest BCUT2D eigenvalue weighted by atomic mass is 9.98. The van der Waals surface area contributed by atoms with Crippen LogP contribution in [0.4, 0.5) is 0 Å². The number of tetrazole rings is 1. The number of aromatic nitrogens is 5. The summed E-state index contributed by atoms with van der Waals surface area (Å²) >= 11 is 6.57. The average Bonchev–Trinajstić information content (AvgIpc) is 3.26. The van der Waals surface area contributed by atoms with Gasteiger partial charge in [-0.3, -0.25) is 9.69 Å². The Labute approximate surface area is 211 Å². The third-order valence-corrected chi connectivity index (χ3v) is 6.57. The van der Waals surface area contributed by atoms with Crippen molar-refractivity contribution in [1.29, 1.82) is 0 Å². The number of rotatable bonds is 7. The zero-order valence-corrected chi connectivity index (χ0v) is 22.0. The van der Waals surface area contributed by atoms with Crippen molar-refractivity contribution in [2.24, 2.45) is 5.92 Å². The first kappa shape index (κ1) is 25.1. The average molecular weight is 493 g/mol. The molecule has 0 aliphatic rings. The fourth-order valence-corrected chi connectivity index (χ4v) is 4.74. The molecule has 2 aromatic heterocycles. The van der Waals surface area contributed by atoms with E-state index in [1.165, 1.54) is 0 Å². The van der Waals surface area contributed by atoms with E-state index in [9.17, 15) is 4.79 Å². The predicted molar refractivity (Wildman–Crippen MR) is 140 cm³/mol. The van der Waals surface area contributed by atoms with Crippen LogP contribution in [0.1, 0.15) is 63.2 Å². The minimum absolute atomic E-state index is 0.0940. The van der Waals surface area contributed by atoms with Gasteiger partial charge in [-0.25, -0.2) is 4.68 Å². The minimum atomic E-state index is -0.292. The van der Waals surface area contributed by atoms with E-state index < -0.39 is 0 Å². The zero-order chi connectivity index (χ0) is 25.3. The highest BCUT2D eigenvalue weighted by Gasteiger charge is 2.33. The Morgan fingerprint density at radius 2 is 1.77 bits per heavy atom. The molecule has 1 atom stereocenters. The number of nitrogens with zero attached hydrogens (tertiary/aromatic N) is 5. The molecule has 8 heteroatoms. The molecule has 0 aliphatic heterocycles. The third kappa shape index (κ3) is 5.46. The second kappa shape index (κ2) is 9.91. The van der Waals surface area contributed by atoms with Gasteiger partial charge in [-0.1, -0.05) is 55.3 Å². The maximum atomic E-state index is 13.1. The lowest BCUT2D eigenvalue weighted by Gasteiger charge is -2.35. The third-order valence-electron chi connectivity index (χ3n) is 6.20. The quantitative estimate of drug-likeness (QED) is 0.361. The first-order valence-corrected chi connectivity index (χ1v) is 12.3. The SMILES string of the molecule is Cc1ccc2[nH]c(=O)c(CN(Cc3ccccc3Cl)[C@H](c3nnnn3C(C)(C)C)C(C)C)cc2c1. The molecule has 0 fully saturated rings. The molecule has 0 spiro atoms. The molecule has 1 N–H and O–H groups in total. The van der Waals surface area contributed by atoms with Crippen molar-refractivity contribution in [3.63, 3.8) is 0 Å². The molecule has 4 rings (SSSR count). The number of hydrogen-bond acceptors (Lipinski definition) is 5. The number of aromatic amines is 1. The monoisotopic (exact) mass is 492 g/mol. The van der Waals surface area contributed by atoms with Crippen molar-refractivity contribution in [3.05, 3.63) is 86.4 Å². The van der Waals surface area contributed by atoms with E-state index in [0.717, 1.165) is 27.9 Å². The van der Waals surface area contributed by atoms with Gasteiger partial charge in [0.1, 0.15) is 0 Å². The number of nitrogens with one attached hydrogen (secondary N) is 1. The van der Waals surface area contributed by atoms with Gasteiger partial charge in [0.2, 0.25) is 0 Å². The normalized spacial score (nSPS) is 13.2. The molecular formula is C27H33ClN6O. The van der Waals surface area contributed by atoms with E-state index in [1.54, 1.807) is 0 Å². The topological polar surface area (TPSA) is 79.7 Å². The molecule has 0 aliphatic carbocycles. The van der Waals surface area contributed by atoms with Crippen LogP contribution in [0.15, 0.2) is 53.3 Å². The number of halogens is 1. The molecular weight excluding hydrogens is 460 g/mol. The molecule has 0 radical (unpaired) electrons. The number of hydrogen-bond donors (Lipinski definition) is 1. The van der Waals surface area contributed by atoms with E-state index >= 15 is 0 Å². The van der Waals surface area contributed by atoms with E-state index in [2.05, 4.69) is 73.0 Å². The Bertz CT molecular complexity index is 1380. The van der Waals surface area contributed by atoms with Crippen LogP contribution in [0, 0.1) is 12.8 Å². The number of pyridine rings is 1. The van der Waals surface area contributed by atoms with Gasteiger partial charge in [0, 0.05) is 29.2 Å². The van der Waals surface area contributed by atoms with E-state index in [0.29, 0.717) is 23.7 Å². The van der Waals surface area contributed by atoms with Gasteiger partial charge in [-0.05, 0) is 79.3 Å². The number of H-pyrrole nitrogens is 1. The van der Waals surface area contributed by atoms with E-state index in [4.69, 9.17) is 11.6 Å². The summed E-state index contributed by atoms with van der Waals surface area (Å²) < 4.78 is 1.88. The van der Waals surface area contributed by atoms with Gasteiger partial charge in [-0.15, -0.1) is 5.10 Å². The minimum Gasteiger partial charge on any atom is -0.322 e. The molecule has 184 valence electrons. The van der Waals surface area contributed by atoms with Gasteiger partial charge >= 0.3 is 0 Å². The molecule has 0 amide bonds. The van der Waals surface area contributed by atoms with Crippen LogP contribution in [0.2, 0.25) is 5.02 Å². The Morgan fingerprint density at radius 1 is 1.06 bits per heavy atom. The van der Waals surface area contributed by atoms with Crippen molar-refractivity contribution >= 4 is 22.5 Å². The Balaban J connectivity index is 1.83. The van der Waals surface area contributed by atoms with Crippen LogP contribution in [0.3, 0.4) is 0 Å². The molecule has 35 heavy (non-hydrogen) atoms. The summed E-state index contributed by atoms with van der Waals surface area (Å²) in [6, 6.07) is 15.7. The maximum Gasteiger partial charge on any atom is 0.252 e. The summed E-state index contributed by atoms with van der Waals surface area (Å²) in [6.07, 6.45) is 0. The predicted octanol–water partition coefficient (Wildman–Crippen LogP) is 5.63. The Kier molecular flexibility index (Phi) is 7.10. The van der Waals surface area contributed by atoms with Gasteiger partial charge in [0.05, 0.1) is 11.6 Å². The zero-order valence-electron chi connectivity index (χ0n) is 21.2. The second-order valence-electron chi connectivity index (χ2n) is 10.5. The van der Waals surface area contributed by atoms with Crippen molar-refractivity contribution < 1.29 is 0 Å². The lowest BCUT2D eigenvalue weighted by molar-refractivity contribution is 0.120. The standard InChI is InChI=1S/C27H33ClN6O/c1-17(2)24(25-30-31-32-34(25)27(4,5)6)33(15-19-9-7-8-10-22(19)28)16-21-14-20-13-18(3)11-12-23(20)29-26(21)35/h7-14,17,24H,15-16H2,1-6H3,(H,29,35)/t24-/m0/s1. The van der Waals surface area contributed by atoms with Crippen molar-refractivity contribution in [1.82, 2.24) is 30.1 Å². The number of fused-ring (bicyclic) bond motifs is 1. The summed E-state index contributed by atoms with van der Waals surface area (Å²) in [7, 11) is 0. The summed E-state index contributed by atoms with van der Waals surface area (Å²) in [4.78, 5) is 18.4. The Morgan fingerprint density at radius 3 is 2.46 bits per heavy atom. The smallest absolute Gasteiger partial charge is 0.252 e. The summed E-state index contributed by atoms with van der Waals surface area (Å²) in [6.45, 7) is 13.6. The fourth-order valence-electron chi connectivity index (χ4n) is 4.54. The highest BCUT2D eigenvalue weighted by atomic mass is 35.5. The largest absolute Gasteiger partial charge is 0.322 e. The van der Waals surface area contributed by atoms with E-state index in [-0.39, 0.29) is 23.1 Å². The molecule has 0 unspecified atom stereocenters. The number of aryl methyl sites for hydroxylation is 1. The maximum absolute atomic E-state index is 13.1. The lowest BCUT2D eigenvalue weighted by Crippen LogP contribution is -2.37. The van der Waals surface area contributed by atoms with Gasteiger partial charge < -0.3 is 4.98 Å². The highest BCUT2D eigenvalue weighted by molar-refractivity contribution is 6.31. The molecule has 4 aromatic rings. The molecule has 2 heterocycles. The van der Waals surface area contributed by atoms with Crippen molar-refractivity contribution in [2.75, 3.05) is 0 Å². The van der Waals surface area contributed by atoms with Crippen molar-refractivity contribution in [2.45, 2.75) is 66.2 Å². The molecule has 0 bridgehead atoms.